The SMILES string of the molecule is COc1cc([C@H](N)C2CCCCC2)c(OC)cc1Br.Cl. The molecule has 0 saturated heterocycles. The fraction of sp³-hybridized carbons (Fsp3) is 0.600. The largest absolute Gasteiger partial charge is 0.496 e. The van der Waals surface area contributed by atoms with Gasteiger partial charge in [-0.1, -0.05) is 19.3 Å². The maximum atomic E-state index is 6.47. The summed E-state index contributed by atoms with van der Waals surface area (Å²) in [6.45, 7) is 0. The lowest BCUT2D eigenvalue weighted by Crippen LogP contribution is -2.24. The van der Waals surface area contributed by atoms with Gasteiger partial charge in [0.2, 0.25) is 0 Å². The van der Waals surface area contributed by atoms with E-state index in [4.69, 9.17) is 15.2 Å². The minimum atomic E-state index is 0. The molecule has 114 valence electrons. The highest BCUT2D eigenvalue weighted by Gasteiger charge is 2.25. The van der Waals surface area contributed by atoms with Crippen molar-refractivity contribution in [1.29, 1.82) is 0 Å². The van der Waals surface area contributed by atoms with Crippen LogP contribution in [0, 0.1) is 5.92 Å². The summed E-state index contributed by atoms with van der Waals surface area (Å²) in [5.74, 6) is 2.20. The summed E-state index contributed by atoms with van der Waals surface area (Å²) in [5, 5.41) is 0. The molecule has 0 bridgehead atoms. The van der Waals surface area contributed by atoms with Gasteiger partial charge in [0, 0.05) is 11.6 Å². The van der Waals surface area contributed by atoms with Crippen LogP contribution in [0.1, 0.15) is 43.7 Å². The van der Waals surface area contributed by atoms with Crippen LogP contribution >= 0.6 is 28.3 Å². The van der Waals surface area contributed by atoms with Crippen LogP contribution in [0.15, 0.2) is 16.6 Å². The van der Waals surface area contributed by atoms with Crippen molar-refractivity contribution in [3.8, 4) is 11.5 Å². The zero-order valence-corrected chi connectivity index (χ0v) is 14.4. The number of halogens is 2. The highest BCUT2D eigenvalue weighted by atomic mass is 79.9. The number of ether oxygens (including phenoxy) is 2. The van der Waals surface area contributed by atoms with E-state index in [1.807, 2.05) is 12.1 Å². The summed E-state index contributed by atoms with van der Waals surface area (Å²) in [7, 11) is 3.35. The summed E-state index contributed by atoms with van der Waals surface area (Å²) in [6.07, 6.45) is 6.33. The molecule has 0 unspecified atom stereocenters. The normalized spacial score (nSPS) is 17.2. The topological polar surface area (TPSA) is 44.5 Å². The minimum Gasteiger partial charge on any atom is -0.496 e. The highest BCUT2D eigenvalue weighted by molar-refractivity contribution is 9.10. The average molecular weight is 365 g/mol. The summed E-state index contributed by atoms with van der Waals surface area (Å²) < 4.78 is 11.7. The van der Waals surface area contributed by atoms with Gasteiger partial charge in [-0.3, -0.25) is 0 Å². The van der Waals surface area contributed by atoms with E-state index in [9.17, 15) is 0 Å². The van der Waals surface area contributed by atoms with E-state index in [1.54, 1.807) is 14.2 Å². The number of hydrogen-bond donors (Lipinski definition) is 1. The van der Waals surface area contributed by atoms with Crippen molar-refractivity contribution >= 4 is 28.3 Å². The van der Waals surface area contributed by atoms with Crippen LogP contribution in [-0.2, 0) is 0 Å². The molecule has 2 rings (SSSR count). The predicted molar refractivity (Wildman–Crippen MR) is 88.0 cm³/mol. The van der Waals surface area contributed by atoms with E-state index in [0.717, 1.165) is 21.5 Å². The van der Waals surface area contributed by atoms with E-state index < -0.39 is 0 Å². The molecule has 0 aliphatic heterocycles. The average Bonchev–Trinajstić information content (AvgIpc) is 2.47. The maximum absolute atomic E-state index is 6.47. The van der Waals surface area contributed by atoms with Gasteiger partial charge in [-0.25, -0.2) is 0 Å². The Kier molecular flexibility index (Phi) is 7.13. The Labute approximate surface area is 135 Å². The molecule has 3 nitrogen and oxygen atoms in total. The first kappa shape index (κ1) is 17.6. The van der Waals surface area contributed by atoms with Gasteiger partial charge in [0.25, 0.3) is 0 Å². The number of benzene rings is 1. The van der Waals surface area contributed by atoms with Gasteiger partial charge in [0.15, 0.2) is 0 Å². The molecule has 0 heterocycles. The van der Waals surface area contributed by atoms with E-state index in [-0.39, 0.29) is 18.4 Å². The Hall–Kier alpha value is -0.450. The standard InChI is InChI=1S/C15H22BrNO2.ClH/c1-18-13-9-12(16)14(19-2)8-11(13)15(17)10-6-4-3-5-7-10;/h8-10,15H,3-7,17H2,1-2H3;1H/t15-;/m1./s1. The number of rotatable bonds is 4. The molecule has 1 aliphatic carbocycles. The van der Waals surface area contributed by atoms with Crippen molar-refractivity contribution in [2.24, 2.45) is 11.7 Å². The molecule has 1 atom stereocenters. The monoisotopic (exact) mass is 363 g/mol. The van der Waals surface area contributed by atoms with Gasteiger partial charge in [-0.2, -0.15) is 0 Å². The summed E-state index contributed by atoms with van der Waals surface area (Å²) in [6, 6.07) is 3.97. The molecule has 0 spiro atoms. The van der Waals surface area contributed by atoms with Crippen molar-refractivity contribution in [1.82, 2.24) is 0 Å². The summed E-state index contributed by atoms with van der Waals surface area (Å²) in [5.41, 5.74) is 7.52. The zero-order valence-electron chi connectivity index (χ0n) is 12.0. The third-order valence-electron chi connectivity index (χ3n) is 4.02. The summed E-state index contributed by atoms with van der Waals surface area (Å²) in [4.78, 5) is 0. The molecule has 1 fully saturated rings. The number of hydrogen-bond acceptors (Lipinski definition) is 3. The van der Waals surface area contributed by atoms with Crippen LogP contribution in [-0.4, -0.2) is 14.2 Å². The molecule has 1 saturated carbocycles. The van der Waals surface area contributed by atoms with Crippen molar-refractivity contribution in [3.05, 3.63) is 22.2 Å². The van der Waals surface area contributed by atoms with Crippen molar-refractivity contribution in [2.75, 3.05) is 14.2 Å². The second-order valence-electron chi connectivity index (χ2n) is 5.15. The van der Waals surface area contributed by atoms with Gasteiger partial charge in [-0.15, -0.1) is 12.4 Å². The third kappa shape index (κ3) is 3.80. The first-order chi connectivity index (χ1) is 9.17. The van der Waals surface area contributed by atoms with Crippen molar-refractivity contribution in [3.63, 3.8) is 0 Å². The fourth-order valence-electron chi connectivity index (χ4n) is 2.89. The Morgan fingerprint density at radius 2 is 1.70 bits per heavy atom. The van der Waals surface area contributed by atoms with Gasteiger partial charge in [0.1, 0.15) is 11.5 Å². The second kappa shape index (κ2) is 8.11. The Morgan fingerprint density at radius 3 is 2.25 bits per heavy atom. The molecule has 0 aromatic heterocycles. The Bertz CT molecular complexity index is 436. The minimum absolute atomic E-state index is 0. The van der Waals surface area contributed by atoms with E-state index in [1.165, 1.54) is 32.1 Å². The third-order valence-corrected chi connectivity index (χ3v) is 4.64. The Morgan fingerprint density at radius 1 is 1.10 bits per heavy atom. The molecule has 5 heteroatoms. The molecule has 1 aromatic rings. The van der Waals surface area contributed by atoms with Gasteiger partial charge in [-0.05, 0) is 46.8 Å². The zero-order chi connectivity index (χ0) is 13.8. The molecule has 20 heavy (non-hydrogen) atoms. The first-order valence-corrected chi connectivity index (χ1v) is 7.63. The van der Waals surface area contributed by atoms with Crippen molar-refractivity contribution < 1.29 is 9.47 Å². The molecular weight excluding hydrogens is 342 g/mol. The molecule has 0 amide bonds. The van der Waals surface area contributed by atoms with Gasteiger partial charge >= 0.3 is 0 Å². The predicted octanol–water partition coefficient (Wildman–Crippen LogP) is 4.47. The smallest absolute Gasteiger partial charge is 0.133 e. The lowest BCUT2D eigenvalue weighted by atomic mass is 9.81. The van der Waals surface area contributed by atoms with Crippen LogP contribution < -0.4 is 15.2 Å². The lowest BCUT2D eigenvalue weighted by molar-refractivity contribution is 0.300. The quantitative estimate of drug-likeness (QED) is 0.857. The molecule has 2 N–H and O–H groups in total. The van der Waals surface area contributed by atoms with Gasteiger partial charge < -0.3 is 15.2 Å². The van der Waals surface area contributed by atoms with Crippen LogP contribution in [0.25, 0.3) is 0 Å². The van der Waals surface area contributed by atoms with E-state index >= 15 is 0 Å². The fourth-order valence-corrected chi connectivity index (χ4v) is 3.38. The molecule has 1 aromatic carbocycles. The number of methoxy groups -OCH3 is 2. The maximum Gasteiger partial charge on any atom is 0.133 e. The summed E-state index contributed by atoms with van der Waals surface area (Å²) >= 11 is 3.48. The van der Waals surface area contributed by atoms with Gasteiger partial charge in [0.05, 0.1) is 18.7 Å². The van der Waals surface area contributed by atoms with E-state index in [0.29, 0.717) is 5.92 Å². The Balaban J connectivity index is 0.00000200. The van der Waals surface area contributed by atoms with Crippen LogP contribution in [0.4, 0.5) is 0 Å². The number of nitrogens with two attached hydrogens (primary N) is 1. The van der Waals surface area contributed by atoms with E-state index in [2.05, 4.69) is 15.9 Å². The first-order valence-electron chi connectivity index (χ1n) is 6.84. The van der Waals surface area contributed by atoms with Crippen molar-refractivity contribution in [2.45, 2.75) is 38.1 Å². The van der Waals surface area contributed by atoms with Crippen LogP contribution in [0.5, 0.6) is 11.5 Å². The highest BCUT2D eigenvalue weighted by Crippen LogP contribution is 2.40. The van der Waals surface area contributed by atoms with Crippen LogP contribution in [0.3, 0.4) is 0 Å². The van der Waals surface area contributed by atoms with Crippen LogP contribution in [0.2, 0.25) is 0 Å². The molecular formula is C15H23BrClNO2. The molecule has 1 aliphatic rings. The molecule has 0 radical (unpaired) electrons. The second-order valence-corrected chi connectivity index (χ2v) is 6.01. The lowest BCUT2D eigenvalue weighted by Gasteiger charge is -2.29.